The molecule has 0 aromatic heterocycles. The number of alkyl halides is 6. The van der Waals surface area contributed by atoms with Crippen molar-refractivity contribution in [3.63, 3.8) is 0 Å². The Bertz CT molecular complexity index is 443. The van der Waals surface area contributed by atoms with Gasteiger partial charge in [0.15, 0.2) is 0 Å². The van der Waals surface area contributed by atoms with Crippen LogP contribution in [0.3, 0.4) is 0 Å². The van der Waals surface area contributed by atoms with Gasteiger partial charge in [-0.1, -0.05) is 12.1 Å². The van der Waals surface area contributed by atoms with Crippen molar-refractivity contribution >= 4 is 0 Å². The Labute approximate surface area is 90.7 Å². The number of para-hydroxylation sites is 1. The van der Waals surface area contributed by atoms with Gasteiger partial charge in [-0.3, -0.25) is 0 Å². The van der Waals surface area contributed by atoms with Gasteiger partial charge in [-0.15, -0.1) is 0 Å². The highest BCUT2D eigenvalue weighted by Crippen LogP contribution is 2.50. The van der Waals surface area contributed by atoms with E-state index in [-0.39, 0.29) is 0 Å². The summed E-state index contributed by atoms with van der Waals surface area (Å²) in [5, 5.41) is 0. The van der Waals surface area contributed by atoms with Crippen molar-refractivity contribution in [2.24, 2.45) is 0 Å². The predicted molar refractivity (Wildman–Crippen MR) is 41.9 cm³/mol. The fraction of sp³-hybridized carbons (Fsp3) is 0.333. The molecule has 1 aromatic rings. The molecule has 0 saturated heterocycles. The number of benzene rings is 1. The maximum Gasteiger partial charge on any atom is 0.491 e. The van der Waals surface area contributed by atoms with Crippen molar-refractivity contribution in [2.75, 3.05) is 0 Å². The second-order valence-corrected chi connectivity index (χ2v) is 3.25. The second kappa shape index (κ2) is 3.28. The largest absolute Gasteiger partial charge is 0.491 e. The summed E-state index contributed by atoms with van der Waals surface area (Å²) < 4.78 is 83.1. The summed E-state index contributed by atoms with van der Waals surface area (Å²) in [7, 11) is 0. The van der Waals surface area contributed by atoms with Crippen molar-refractivity contribution in [3.05, 3.63) is 29.8 Å². The second-order valence-electron chi connectivity index (χ2n) is 3.25. The first-order chi connectivity index (χ1) is 7.66. The Balaban J connectivity index is 2.51. The summed E-state index contributed by atoms with van der Waals surface area (Å²) in [6.07, 6.45) is -10.1. The van der Waals surface area contributed by atoms with Gasteiger partial charge < -0.3 is 4.74 Å². The fourth-order valence-electron chi connectivity index (χ4n) is 1.29. The molecular formula is C9H4F6O2. The lowest BCUT2D eigenvalue weighted by atomic mass is 10.1. The van der Waals surface area contributed by atoms with Gasteiger partial charge >= 0.3 is 18.3 Å². The van der Waals surface area contributed by atoms with Crippen molar-refractivity contribution in [3.8, 4) is 5.75 Å². The molecule has 94 valence electrons. The maximum atomic E-state index is 13.2. The Morgan fingerprint density at radius 1 is 1.00 bits per heavy atom. The lowest BCUT2D eigenvalue weighted by Gasteiger charge is -2.36. The minimum Gasteiger partial charge on any atom is -0.428 e. The van der Waals surface area contributed by atoms with Crippen LogP contribution in [0.5, 0.6) is 5.75 Å². The molecule has 0 unspecified atom stereocenters. The first-order valence-corrected chi connectivity index (χ1v) is 4.28. The quantitative estimate of drug-likeness (QED) is 0.664. The zero-order chi connectivity index (χ0) is 12.9. The zero-order valence-corrected chi connectivity index (χ0v) is 7.89. The summed E-state index contributed by atoms with van der Waals surface area (Å²) in [6.45, 7) is 0. The molecule has 2 rings (SSSR count). The molecule has 1 aliphatic heterocycles. The summed E-state index contributed by atoms with van der Waals surface area (Å²) >= 11 is 0. The number of hydrogen-bond acceptors (Lipinski definition) is 2. The van der Waals surface area contributed by atoms with Crippen molar-refractivity contribution in [1.29, 1.82) is 0 Å². The Morgan fingerprint density at radius 3 is 2.18 bits per heavy atom. The standard InChI is InChI=1S/C9H4F6O2/c10-7(11)5-3-1-2-4-6(5)16-9(15,17-7)8(12,13)14/h1-4H/t9-/m0/s1. The topological polar surface area (TPSA) is 18.5 Å². The molecule has 1 aromatic carbocycles. The molecule has 0 saturated carbocycles. The molecule has 1 heterocycles. The summed E-state index contributed by atoms with van der Waals surface area (Å²) in [5.41, 5.74) is -0.961. The Hall–Kier alpha value is -1.44. The van der Waals surface area contributed by atoms with E-state index >= 15 is 0 Å². The van der Waals surface area contributed by atoms with Crippen molar-refractivity contribution < 1.29 is 35.8 Å². The molecule has 0 fully saturated rings. The highest BCUT2D eigenvalue weighted by Gasteiger charge is 2.68. The molecular weight excluding hydrogens is 254 g/mol. The first kappa shape index (κ1) is 12.0. The van der Waals surface area contributed by atoms with E-state index < -0.39 is 29.6 Å². The molecule has 8 heteroatoms. The monoisotopic (exact) mass is 258 g/mol. The van der Waals surface area contributed by atoms with Crippen LogP contribution in [-0.4, -0.2) is 12.2 Å². The highest BCUT2D eigenvalue weighted by atomic mass is 19.4. The van der Waals surface area contributed by atoms with Gasteiger partial charge in [-0.25, -0.2) is 4.74 Å². The smallest absolute Gasteiger partial charge is 0.428 e. The molecule has 0 aliphatic carbocycles. The third-order valence-corrected chi connectivity index (χ3v) is 2.04. The molecule has 1 atom stereocenters. The first-order valence-electron chi connectivity index (χ1n) is 4.28. The van der Waals surface area contributed by atoms with Gasteiger partial charge in [-0.2, -0.15) is 26.3 Å². The van der Waals surface area contributed by atoms with Crippen LogP contribution in [0.2, 0.25) is 0 Å². The number of ether oxygens (including phenoxy) is 2. The average molecular weight is 258 g/mol. The van der Waals surface area contributed by atoms with Gasteiger partial charge in [0.05, 0.1) is 5.56 Å². The molecule has 1 aliphatic rings. The van der Waals surface area contributed by atoms with E-state index in [2.05, 4.69) is 9.47 Å². The van der Waals surface area contributed by atoms with Gasteiger partial charge in [0.25, 0.3) is 0 Å². The van der Waals surface area contributed by atoms with Crippen LogP contribution in [0, 0.1) is 0 Å². The van der Waals surface area contributed by atoms with Gasteiger partial charge in [0.2, 0.25) is 0 Å². The number of hydrogen-bond donors (Lipinski definition) is 0. The highest BCUT2D eigenvalue weighted by molar-refractivity contribution is 5.37. The molecule has 0 amide bonds. The number of halogens is 6. The van der Waals surface area contributed by atoms with Crippen LogP contribution < -0.4 is 4.74 Å². The molecule has 2 nitrogen and oxygen atoms in total. The van der Waals surface area contributed by atoms with Crippen molar-refractivity contribution in [1.82, 2.24) is 0 Å². The Morgan fingerprint density at radius 2 is 1.59 bits per heavy atom. The van der Waals surface area contributed by atoms with Crippen LogP contribution >= 0.6 is 0 Å². The Kier molecular flexibility index (Phi) is 2.32. The third-order valence-electron chi connectivity index (χ3n) is 2.04. The van der Waals surface area contributed by atoms with E-state index in [0.29, 0.717) is 0 Å². The average Bonchev–Trinajstić information content (AvgIpc) is 2.14. The molecule has 0 spiro atoms. The van der Waals surface area contributed by atoms with Gasteiger partial charge in [0.1, 0.15) is 5.75 Å². The molecule has 0 bridgehead atoms. The summed E-state index contributed by atoms with van der Waals surface area (Å²) in [4.78, 5) is 0. The predicted octanol–water partition coefficient (Wildman–Crippen LogP) is 3.33. The van der Waals surface area contributed by atoms with Crippen LogP contribution in [0.25, 0.3) is 0 Å². The van der Waals surface area contributed by atoms with Crippen molar-refractivity contribution in [2.45, 2.75) is 18.3 Å². The lowest BCUT2D eigenvalue weighted by molar-refractivity contribution is -0.486. The zero-order valence-electron chi connectivity index (χ0n) is 7.89. The minimum atomic E-state index is -5.73. The third kappa shape index (κ3) is 1.82. The number of fused-ring (bicyclic) bond motifs is 1. The van der Waals surface area contributed by atoms with E-state index in [1.54, 1.807) is 0 Å². The molecule has 17 heavy (non-hydrogen) atoms. The van der Waals surface area contributed by atoms with E-state index in [1.165, 1.54) is 0 Å². The lowest BCUT2D eigenvalue weighted by Crippen LogP contribution is -2.54. The van der Waals surface area contributed by atoms with E-state index in [9.17, 15) is 26.3 Å². The summed E-state index contributed by atoms with van der Waals surface area (Å²) in [5.74, 6) is -0.913. The normalized spacial score (nSPS) is 27.2. The molecule has 0 radical (unpaired) electrons. The van der Waals surface area contributed by atoms with Gasteiger partial charge in [-0.05, 0) is 12.1 Å². The van der Waals surface area contributed by atoms with Crippen LogP contribution in [0.15, 0.2) is 24.3 Å². The van der Waals surface area contributed by atoms with E-state index in [1.807, 2.05) is 0 Å². The SMILES string of the molecule is FC1(F)O[C@](F)(C(F)(F)F)Oc2ccccc21. The van der Waals surface area contributed by atoms with E-state index in [4.69, 9.17) is 0 Å². The molecule has 0 N–H and O–H groups in total. The van der Waals surface area contributed by atoms with Crippen LogP contribution in [0.4, 0.5) is 26.3 Å². The number of rotatable bonds is 0. The van der Waals surface area contributed by atoms with Crippen LogP contribution in [0.1, 0.15) is 5.56 Å². The van der Waals surface area contributed by atoms with Crippen LogP contribution in [-0.2, 0) is 10.8 Å². The van der Waals surface area contributed by atoms with Gasteiger partial charge in [0, 0.05) is 0 Å². The maximum absolute atomic E-state index is 13.2. The minimum absolute atomic E-state index is 0.783. The summed E-state index contributed by atoms with van der Waals surface area (Å²) in [6, 6.07) is -1.00. The fourth-order valence-corrected chi connectivity index (χ4v) is 1.29. The van der Waals surface area contributed by atoms with E-state index in [0.717, 1.165) is 24.3 Å².